The van der Waals surface area contributed by atoms with Crippen molar-refractivity contribution in [1.29, 1.82) is 5.26 Å². The lowest BCUT2D eigenvalue weighted by Crippen LogP contribution is -2.39. The molecule has 0 aliphatic heterocycles. The third-order valence-electron chi connectivity index (χ3n) is 5.98. The first-order valence-electron chi connectivity index (χ1n) is 11.6. The number of carbonyl (C=O) groups excluding carboxylic acids is 1. The molecule has 0 spiro atoms. The Morgan fingerprint density at radius 3 is 2.55 bits per heavy atom. The zero-order valence-corrected chi connectivity index (χ0v) is 21.5. The summed E-state index contributed by atoms with van der Waals surface area (Å²) in [5.41, 5.74) is 3.59. The molecular formula is C28H24N4O5S. The van der Waals surface area contributed by atoms with Gasteiger partial charge in [0, 0.05) is 16.6 Å². The molecule has 1 N–H and O–H groups in total. The molecule has 0 fully saturated rings. The Morgan fingerprint density at radius 2 is 1.87 bits per heavy atom. The molecule has 1 unspecified atom stereocenters. The second-order valence-corrected chi connectivity index (χ2v) is 9.49. The lowest BCUT2D eigenvalue weighted by Gasteiger charge is -2.26. The smallest absolute Gasteiger partial charge is 0.412 e. The SMILES string of the molecule is COC(=O)CC(C)N(C(=O)O)c1cccc(-c2ccc3c(c2)ncc(=O)n3CSc2ccc(C#N)cc2)c1. The van der Waals surface area contributed by atoms with E-state index >= 15 is 0 Å². The molecule has 0 saturated heterocycles. The van der Waals surface area contributed by atoms with E-state index in [9.17, 15) is 19.5 Å². The Hall–Kier alpha value is -4.62. The zero-order valence-electron chi connectivity index (χ0n) is 20.7. The van der Waals surface area contributed by atoms with Crippen molar-refractivity contribution in [2.24, 2.45) is 0 Å². The number of nitriles is 1. The van der Waals surface area contributed by atoms with Gasteiger partial charge in [0.05, 0.1) is 48.3 Å². The number of thioether (sulfide) groups is 1. The van der Waals surface area contributed by atoms with Crippen LogP contribution in [0.1, 0.15) is 18.9 Å². The molecule has 3 aromatic carbocycles. The number of aromatic nitrogens is 2. The van der Waals surface area contributed by atoms with E-state index < -0.39 is 18.1 Å². The maximum atomic E-state index is 12.6. The molecule has 4 aromatic rings. The molecule has 10 heteroatoms. The number of anilines is 1. The van der Waals surface area contributed by atoms with E-state index in [0.717, 1.165) is 20.9 Å². The summed E-state index contributed by atoms with van der Waals surface area (Å²) in [7, 11) is 1.26. The van der Waals surface area contributed by atoms with Crippen LogP contribution in [0.2, 0.25) is 0 Å². The Morgan fingerprint density at radius 1 is 1.13 bits per heavy atom. The monoisotopic (exact) mass is 528 g/mol. The number of ether oxygens (including phenoxy) is 1. The van der Waals surface area contributed by atoms with Gasteiger partial charge in [-0.1, -0.05) is 18.2 Å². The standard InChI is InChI=1S/C28H24N4O5S/c1-18(12-27(34)37-2)32(28(35)36)22-5-3-4-20(13-22)21-8-11-25-24(14-21)30-16-26(33)31(25)17-38-23-9-6-19(15-29)7-10-23/h3-11,13-14,16,18H,12,17H2,1-2H3,(H,35,36). The molecule has 1 aromatic heterocycles. The van der Waals surface area contributed by atoms with Gasteiger partial charge in [-0.05, 0) is 66.6 Å². The van der Waals surface area contributed by atoms with Crippen molar-refractivity contribution >= 4 is 40.5 Å². The number of carboxylic acid groups (broad SMARTS) is 1. The number of benzene rings is 3. The molecule has 0 radical (unpaired) electrons. The quantitative estimate of drug-likeness (QED) is 0.247. The van der Waals surface area contributed by atoms with E-state index in [1.54, 1.807) is 41.8 Å². The van der Waals surface area contributed by atoms with Crippen molar-refractivity contribution in [3.63, 3.8) is 0 Å². The maximum Gasteiger partial charge on any atom is 0.412 e. The lowest BCUT2D eigenvalue weighted by molar-refractivity contribution is -0.140. The third kappa shape index (κ3) is 5.85. The minimum atomic E-state index is -1.18. The first kappa shape index (κ1) is 26.4. The van der Waals surface area contributed by atoms with E-state index in [1.165, 1.54) is 25.1 Å². The second-order valence-electron chi connectivity index (χ2n) is 8.47. The summed E-state index contributed by atoms with van der Waals surface area (Å²) in [5.74, 6) is -0.131. The van der Waals surface area contributed by atoms with Gasteiger partial charge in [-0.3, -0.25) is 19.1 Å². The van der Waals surface area contributed by atoms with Crippen molar-refractivity contribution in [2.45, 2.75) is 30.2 Å². The van der Waals surface area contributed by atoms with Crippen molar-refractivity contribution in [2.75, 3.05) is 12.0 Å². The van der Waals surface area contributed by atoms with E-state index in [4.69, 9.17) is 5.26 Å². The Kier molecular flexibility index (Phi) is 8.09. The highest BCUT2D eigenvalue weighted by Crippen LogP contribution is 2.29. The van der Waals surface area contributed by atoms with Crippen LogP contribution in [0.5, 0.6) is 0 Å². The molecule has 1 atom stereocenters. The van der Waals surface area contributed by atoms with E-state index in [0.29, 0.717) is 28.2 Å². The fourth-order valence-corrected chi connectivity index (χ4v) is 4.92. The van der Waals surface area contributed by atoms with Crippen LogP contribution in [-0.2, 0) is 15.4 Å². The maximum absolute atomic E-state index is 12.6. The highest BCUT2D eigenvalue weighted by atomic mass is 32.2. The topological polar surface area (TPSA) is 126 Å². The van der Waals surface area contributed by atoms with Crippen LogP contribution in [0.25, 0.3) is 22.2 Å². The number of carbonyl (C=O) groups is 2. The molecule has 4 rings (SSSR count). The Balaban J connectivity index is 1.63. The van der Waals surface area contributed by atoms with Crippen LogP contribution in [0.4, 0.5) is 10.5 Å². The summed E-state index contributed by atoms with van der Waals surface area (Å²) in [5, 5.41) is 18.8. The lowest BCUT2D eigenvalue weighted by atomic mass is 10.0. The van der Waals surface area contributed by atoms with Gasteiger partial charge in [0.1, 0.15) is 0 Å². The molecule has 0 bridgehead atoms. The van der Waals surface area contributed by atoms with Gasteiger partial charge >= 0.3 is 12.1 Å². The predicted molar refractivity (Wildman–Crippen MR) is 145 cm³/mol. The number of amides is 1. The number of nitrogens with zero attached hydrogens (tertiary/aromatic N) is 4. The molecule has 0 aliphatic rings. The summed E-state index contributed by atoms with van der Waals surface area (Å²) in [6, 6.07) is 21.1. The molecule has 1 heterocycles. The summed E-state index contributed by atoms with van der Waals surface area (Å²) >= 11 is 1.47. The average molecular weight is 529 g/mol. The first-order chi connectivity index (χ1) is 18.3. The van der Waals surface area contributed by atoms with Crippen LogP contribution in [0, 0.1) is 11.3 Å². The van der Waals surface area contributed by atoms with E-state index in [-0.39, 0.29) is 12.0 Å². The van der Waals surface area contributed by atoms with Crippen molar-refractivity contribution in [3.8, 4) is 17.2 Å². The summed E-state index contributed by atoms with van der Waals surface area (Å²) in [4.78, 5) is 42.7. The van der Waals surface area contributed by atoms with Crippen molar-refractivity contribution < 1.29 is 19.4 Å². The number of methoxy groups -OCH3 is 1. The first-order valence-corrected chi connectivity index (χ1v) is 12.6. The summed E-state index contributed by atoms with van der Waals surface area (Å²) < 4.78 is 6.32. The van der Waals surface area contributed by atoms with Gasteiger partial charge in [0.2, 0.25) is 0 Å². The molecule has 9 nitrogen and oxygen atoms in total. The van der Waals surface area contributed by atoms with Crippen LogP contribution < -0.4 is 10.5 Å². The molecular weight excluding hydrogens is 504 g/mol. The molecule has 192 valence electrons. The van der Waals surface area contributed by atoms with E-state index in [1.807, 2.05) is 36.4 Å². The summed E-state index contributed by atoms with van der Waals surface area (Å²) in [6.07, 6.45) is 0.0236. The third-order valence-corrected chi connectivity index (χ3v) is 6.98. The zero-order chi connectivity index (χ0) is 27.2. The van der Waals surface area contributed by atoms with Crippen molar-refractivity contribution in [1.82, 2.24) is 9.55 Å². The Labute approximate surface area is 222 Å². The van der Waals surface area contributed by atoms with Gasteiger partial charge < -0.3 is 9.84 Å². The van der Waals surface area contributed by atoms with Gasteiger partial charge in [0.25, 0.3) is 5.56 Å². The Bertz CT molecular complexity index is 1590. The average Bonchev–Trinajstić information content (AvgIpc) is 2.92. The van der Waals surface area contributed by atoms with Gasteiger partial charge in [-0.15, -0.1) is 11.8 Å². The van der Waals surface area contributed by atoms with Crippen molar-refractivity contribution in [3.05, 3.63) is 88.8 Å². The molecule has 38 heavy (non-hydrogen) atoms. The fraction of sp³-hybridized carbons (Fsp3) is 0.179. The summed E-state index contributed by atoms with van der Waals surface area (Å²) in [6.45, 7) is 1.65. The van der Waals surface area contributed by atoms with Gasteiger partial charge in [-0.25, -0.2) is 9.78 Å². The molecule has 0 aliphatic carbocycles. The fourth-order valence-electron chi connectivity index (χ4n) is 4.05. The second kappa shape index (κ2) is 11.6. The van der Waals surface area contributed by atoms with Gasteiger partial charge in [-0.2, -0.15) is 5.26 Å². The van der Waals surface area contributed by atoms with E-state index in [2.05, 4.69) is 15.8 Å². The predicted octanol–water partition coefficient (Wildman–Crippen LogP) is 5.12. The largest absolute Gasteiger partial charge is 0.469 e. The molecule has 0 saturated carbocycles. The highest BCUT2D eigenvalue weighted by molar-refractivity contribution is 7.98. The number of esters is 1. The van der Waals surface area contributed by atoms with Crippen LogP contribution in [0.15, 0.2) is 82.6 Å². The number of rotatable bonds is 8. The van der Waals surface area contributed by atoms with Gasteiger partial charge in [0.15, 0.2) is 0 Å². The molecule has 1 amide bonds. The van der Waals surface area contributed by atoms with Crippen LogP contribution in [0.3, 0.4) is 0 Å². The minimum Gasteiger partial charge on any atom is -0.469 e. The number of hydrogen-bond acceptors (Lipinski definition) is 7. The number of fused-ring (bicyclic) bond motifs is 1. The van der Waals surface area contributed by atoms with Crippen LogP contribution in [-0.4, -0.2) is 39.9 Å². The minimum absolute atomic E-state index is 0.0784. The highest BCUT2D eigenvalue weighted by Gasteiger charge is 2.24. The van der Waals surface area contributed by atoms with Crippen LogP contribution >= 0.6 is 11.8 Å². The normalized spacial score (nSPS) is 11.5. The number of hydrogen-bond donors (Lipinski definition) is 1.